The Morgan fingerprint density at radius 1 is 1.22 bits per heavy atom. The highest BCUT2D eigenvalue weighted by Crippen LogP contribution is 2.52. The van der Waals surface area contributed by atoms with Gasteiger partial charge in [0.2, 0.25) is 0 Å². The number of guanidine groups is 1. The van der Waals surface area contributed by atoms with Gasteiger partial charge in [-0.25, -0.2) is 4.39 Å². The Morgan fingerprint density at radius 3 is 2.70 bits per heavy atom. The maximum atomic E-state index is 13.5. The summed E-state index contributed by atoms with van der Waals surface area (Å²) in [5.41, 5.74) is 1.11. The molecule has 2 heterocycles. The zero-order valence-corrected chi connectivity index (χ0v) is 16.5. The second-order valence-corrected chi connectivity index (χ2v) is 8.65. The van der Waals surface area contributed by atoms with Crippen LogP contribution >= 0.6 is 0 Å². The highest BCUT2D eigenvalue weighted by atomic mass is 19.1. The molecule has 0 bridgehead atoms. The molecule has 27 heavy (non-hydrogen) atoms. The van der Waals surface area contributed by atoms with E-state index in [1.807, 2.05) is 13.1 Å². The van der Waals surface area contributed by atoms with Crippen molar-refractivity contribution in [1.29, 1.82) is 0 Å². The largest absolute Gasteiger partial charge is 0.377 e. The first-order chi connectivity index (χ1) is 13.0. The Labute approximate surface area is 161 Å². The van der Waals surface area contributed by atoms with Crippen LogP contribution in [0, 0.1) is 17.2 Å². The highest BCUT2D eigenvalue weighted by Gasteiger charge is 2.59. The number of aliphatic imine (C=N–C) groups is 1. The molecule has 5 nitrogen and oxygen atoms in total. The molecule has 0 radical (unpaired) electrons. The standard InChI is InChI=1S/C21H31FN4O/c1-21(2)18(17-9-12-27-19(17)21)25-20(23-3)24-15-7-10-26(11-8-15)16-6-4-5-14(22)13-16/h4-6,13,15,17-19H,7-12H2,1-3H3,(H2,23,24,25). The maximum Gasteiger partial charge on any atom is 0.191 e. The van der Waals surface area contributed by atoms with Crippen molar-refractivity contribution in [3.63, 3.8) is 0 Å². The third-order valence-electron chi connectivity index (χ3n) is 6.63. The number of hydrogen-bond acceptors (Lipinski definition) is 3. The van der Waals surface area contributed by atoms with E-state index in [1.165, 1.54) is 6.07 Å². The van der Waals surface area contributed by atoms with E-state index in [0.29, 0.717) is 24.1 Å². The number of nitrogens with one attached hydrogen (secondary N) is 2. The summed E-state index contributed by atoms with van der Waals surface area (Å²) in [5.74, 6) is 1.31. The zero-order valence-electron chi connectivity index (χ0n) is 16.5. The Balaban J connectivity index is 1.30. The SMILES string of the molecule is CN=C(NC1CCN(c2cccc(F)c2)CC1)NC1C2CCOC2C1(C)C. The summed E-state index contributed by atoms with van der Waals surface area (Å²) in [5, 5.41) is 7.26. The van der Waals surface area contributed by atoms with E-state index in [-0.39, 0.29) is 11.2 Å². The molecule has 1 saturated carbocycles. The van der Waals surface area contributed by atoms with E-state index >= 15 is 0 Å². The van der Waals surface area contributed by atoms with Gasteiger partial charge >= 0.3 is 0 Å². The molecule has 1 aliphatic carbocycles. The van der Waals surface area contributed by atoms with Crippen LogP contribution in [0.15, 0.2) is 29.3 Å². The summed E-state index contributed by atoms with van der Waals surface area (Å²) in [6, 6.07) is 7.67. The number of anilines is 1. The molecule has 3 fully saturated rings. The van der Waals surface area contributed by atoms with Crippen LogP contribution in [0.4, 0.5) is 10.1 Å². The van der Waals surface area contributed by atoms with Crippen molar-refractivity contribution in [2.45, 2.75) is 51.3 Å². The number of benzene rings is 1. The van der Waals surface area contributed by atoms with Crippen LogP contribution < -0.4 is 15.5 Å². The summed E-state index contributed by atoms with van der Waals surface area (Å²) < 4.78 is 19.4. The van der Waals surface area contributed by atoms with Crippen molar-refractivity contribution in [2.75, 3.05) is 31.6 Å². The van der Waals surface area contributed by atoms with E-state index in [2.05, 4.69) is 34.4 Å². The van der Waals surface area contributed by atoms with Crippen LogP contribution in [0.2, 0.25) is 0 Å². The van der Waals surface area contributed by atoms with Gasteiger partial charge in [-0.05, 0) is 37.5 Å². The second kappa shape index (κ2) is 7.30. The number of nitrogens with zero attached hydrogens (tertiary/aromatic N) is 2. The van der Waals surface area contributed by atoms with Gasteiger partial charge in [0.15, 0.2) is 5.96 Å². The molecule has 0 aromatic heterocycles. The van der Waals surface area contributed by atoms with Crippen molar-refractivity contribution < 1.29 is 9.13 Å². The highest BCUT2D eigenvalue weighted by molar-refractivity contribution is 5.80. The van der Waals surface area contributed by atoms with Crippen LogP contribution in [0.1, 0.15) is 33.1 Å². The molecule has 0 spiro atoms. The van der Waals surface area contributed by atoms with E-state index in [0.717, 1.165) is 50.6 Å². The van der Waals surface area contributed by atoms with Gasteiger partial charge in [-0.2, -0.15) is 0 Å². The molecule has 0 amide bonds. The molecule has 2 aliphatic heterocycles. The molecule has 2 N–H and O–H groups in total. The van der Waals surface area contributed by atoms with Gasteiger partial charge < -0.3 is 20.3 Å². The van der Waals surface area contributed by atoms with Gasteiger partial charge in [-0.1, -0.05) is 19.9 Å². The van der Waals surface area contributed by atoms with Crippen LogP contribution in [0.25, 0.3) is 0 Å². The normalized spacial score (nSPS) is 30.6. The molecule has 3 aliphatic rings. The number of rotatable bonds is 3. The number of ether oxygens (including phenoxy) is 1. The molecule has 1 aromatic carbocycles. The topological polar surface area (TPSA) is 48.9 Å². The molecule has 2 saturated heterocycles. The van der Waals surface area contributed by atoms with E-state index < -0.39 is 0 Å². The van der Waals surface area contributed by atoms with E-state index in [9.17, 15) is 4.39 Å². The summed E-state index contributed by atoms with van der Waals surface area (Å²) in [7, 11) is 1.84. The lowest BCUT2D eigenvalue weighted by atomic mass is 9.57. The molecule has 148 valence electrons. The average molecular weight is 375 g/mol. The Kier molecular flexibility index (Phi) is 5.01. The fourth-order valence-corrected chi connectivity index (χ4v) is 5.08. The molecule has 1 aromatic rings. The first-order valence-corrected chi connectivity index (χ1v) is 10.1. The molecule has 6 heteroatoms. The fraction of sp³-hybridized carbons (Fsp3) is 0.667. The number of halogens is 1. The lowest BCUT2D eigenvalue weighted by Crippen LogP contribution is -2.68. The summed E-state index contributed by atoms with van der Waals surface area (Å²) in [6.45, 7) is 7.28. The van der Waals surface area contributed by atoms with Crippen LogP contribution in [0.3, 0.4) is 0 Å². The van der Waals surface area contributed by atoms with Gasteiger partial charge in [-0.3, -0.25) is 4.99 Å². The van der Waals surface area contributed by atoms with Crippen LogP contribution in [-0.2, 0) is 4.74 Å². The molecular formula is C21H31FN4O. The maximum absolute atomic E-state index is 13.5. The Hall–Kier alpha value is -1.82. The second-order valence-electron chi connectivity index (χ2n) is 8.65. The van der Waals surface area contributed by atoms with Crippen LogP contribution in [0.5, 0.6) is 0 Å². The first kappa shape index (κ1) is 18.5. The molecule has 3 atom stereocenters. The van der Waals surface area contributed by atoms with Crippen molar-refractivity contribution in [3.05, 3.63) is 30.1 Å². The number of piperidine rings is 1. The lowest BCUT2D eigenvalue weighted by Gasteiger charge is -2.55. The van der Waals surface area contributed by atoms with Crippen molar-refractivity contribution in [3.8, 4) is 0 Å². The minimum absolute atomic E-state index is 0.138. The smallest absolute Gasteiger partial charge is 0.191 e. The Morgan fingerprint density at radius 2 is 2.00 bits per heavy atom. The summed E-state index contributed by atoms with van der Waals surface area (Å²) in [6.07, 6.45) is 3.54. The number of fused-ring (bicyclic) bond motifs is 1. The third kappa shape index (κ3) is 3.51. The monoisotopic (exact) mass is 374 g/mol. The quantitative estimate of drug-likeness (QED) is 0.631. The predicted octanol–water partition coefficient (Wildman–Crippen LogP) is 2.77. The van der Waals surface area contributed by atoms with E-state index in [1.54, 1.807) is 12.1 Å². The van der Waals surface area contributed by atoms with Gasteiger partial charge in [0.05, 0.1) is 6.10 Å². The van der Waals surface area contributed by atoms with Crippen LogP contribution in [-0.4, -0.2) is 50.9 Å². The minimum Gasteiger partial charge on any atom is -0.377 e. The average Bonchev–Trinajstić information content (AvgIpc) is 3.13. The minimum atomic E-state index is -0.172. The Bertz CT molecular complexity index is 699. The number of hydrogen-bond donors (Lipinski definition) is 2. The van der Waals surface area contributed by atoms with Crippen molar-refractivity contribution in [1.82, 2.24) is 10.6 Å². The molecule has 4 rings (SSSR count). The first-order valence-electron chi connectivity index (χ1n) is 10.1. The van der Waals surface area contributed by atoms with Gasteiger partial charge in [0.25, 0.3) is 0 Å². The fourth-order valence-electron chi connectivity index (χ4n) is 5.08. The summed E-state index contributed by atoms with van der Waals surface area (Å²) >= 11 is 0. The zero-order chi connectivity index (χ0) is 19.0. The van der Waals surface area contributed by atoms with Crippen molar-refractivity contribution >= 4 is 11.6 Å². The third-order valence-corrected chi connectivity index (χ3v) is 6.63. The van der Waals surface area contributed by atoms with Crippen molar-refractivity contribution in [2.24, 2.45) is 16.3 Å². The van der Waals surface area contributed by atoms with Gasteiger partial charge in [-0.15, -0.1) is 0 Å². The van der Waals surface area contributed by atoms with Gasteiger partial charge in [0, 0.05) is 55.8 Å². The van der Waals surface area contributed by atoms with E-state index in [4.69, 9.17) is 4.74 Å². The summed E-state index contributed by atoms with van der Waals surface area (Å²) in [4.78, 5) is 6.72. The predicted molar refractivity (Wildman–Crippen MR) is 107 cm³/mol. The molecule has 3 unspecified atom stereocenters. The van der Waals surface area contributed by atoms with Gasteiger partial charge in [0.1, 0.15) is 5.82 Å². The molecular weight excluding hydrogens is 343 g/mol. The lowest BCUT2D eigenvalue weighted by molar-refractivity contribution is -0.106.